The highest BCUT2D eigenvalue weighted by Crippen LogP contribution is 2.59. The Labute approximate surface area is 158 Å². The number of anilines is 1. The van der Waals surface area contributed by atoms with Gasteiger partial charge in [0, 0.05) is 38.2 Å². The number of ether oxygens (including phenoxy) is 2. The van der Waals surface area contributed by atoms with E-state index in [0.29, 0.717) is 25.1 Å². The number of nitrogens with one attached hydrogen (secondary N) is 2. The van der Waals surface area contributed by atoms with Crippen LogP contribution in [0.5, 0.6) is 0 Å². The number of rotatable bonds is 6. The van der Waals surface area contributed by atoms with Gasteiger partial charge in [0.15, 0.2) is 0 Å². The summed E-state index contributed by atoms with van der Waals surface area (Å²) in [6, 6.07) is 3.74. The molecule has 5 nitrogen and oxygen atoms in total. The maximum Gasteiger partial charge on any atom is 0.338 e. The van der Waals surface area contributed by atoms with Crippen LogP contribution in [0, 0.1) is 12.3 Å². The summed E-state index contributed by atoms with van der Waals surface area (Å²) in [7, 11) is 2.98. The molecule has 0 radical (unpaired) electrons. The number of halogens is 2. The minimum Gasteiger partial charge on any atom is -0.465 e. The summed E-state index contributed by atoms with van der Waals surface area (Å²) >= 11 is 0. The van der Waals surface area contributed by atoms with Gasteiger partial charge in [0.2, 0.25) is 5.92 Å². The van der Waals surface area contributed by atoms with Crippen LogP contribution in [0.15, 0.2) is 12.1 Å². The van der Waals surface area contributed by atoms with Gasteiger partial charge in [-0.05, 0) is 48.9 Å². The van der Waals surface area contributed by atoms with Crippen molar-refractivity contribution in [3.05, 3.63) is 28.8 Å². The number of esters is 1. The molecule has 1 unspecified atom stereocenters. The molecule has 0 bridgehead atoms. The third-order valence-electron chi connectivity index (χ3n) is 5.75. The molecule has 0 aromatic heterocycles. The Morgan fingerprint density at radius 2 is 2.07 bits per heavy atom. The standard InChI is InChI=1S/C20H28F2N2O3/c1-13-8-15(16(24-6-7-26-2)9-14(13)18(25)27-3)17-10-19(4-5-23-17)11-20(21,22)12-19/h8-9,17,23-24H,4-7,10-12H2,1-3H3. The van der Waals surface area contributed by atoms with Gasteiger partial charge in [-0.3, -0.25) is 0 Å². The highest BCUT2D eigenvalue weighted by atomic mass is 19.3. The van der Waals surface area contributed by atoms with Crippen LogP contribution in [0.1, 0.15) is 53.2 Å². The Kier molecular flexibility index (Phi) is 5.72. The van der Waals surface area contributed by atoms with Gasteiger partial charge >= 0.3 is 5.97 Å². The molecular formula is C20H28F2N2O3. The first-order chi connectivity index (χ1) is 12.8. The molecule has 2 fully saturated rings. The minimum atomic E-state index is -2.52. The number of benzene rings is 1. The summed E-state index contributed by atoms with van der Waals surface area (Å²) in [6.07, 6.45) is 1.41. The van der Waals surface area contributed by atoms with Crippen LogP contribution in [0.2, 0.25) is 0 Å². The van der Waals surface area contributed by atoms with Crippen LogP contribution in [-0.2, 0) is 9.47 Å². The summed E-state index contributed by atoms with van der Waals surface area (Å²) in [5, 5.41) is 6.79. The molecule has 1 aromatic rings. The van der Waals surface area contributed by atoms with Gasteiger partial charge in [-0.2, -0.15) is 0 Å². The van der Waals surface area contributed by atoms with Crippen molar-refractivity contribution in [3.8, 4) is 0 Å². The first-order valence-electron chi connectivity index (χ1n) is 9.36. The summed E-state index contributed by atoms with van der Waals surface area (Å²) in [6.45, 7) is 3.69. The van der Waals surface area contributed by atoms with Crippen LogP contribution in [-0.4, -0.2) is 45.8 Å². The SMILES string of the molecule is COCCNc1cc(C(=O)OC)c(C)cc1C1CC2(CCN1)CC(F)(F)C2. The second-order valence-corrected chi connectivity index (χ2v) is 7.84. The Hall–Kier alpha value is -1.73. The third kappa shape index (κ3) is 4.24. The number of carbonyl (C=O) groups is 1. The molecule has 1 saturated heterocycles. The van der Waals surface area contributed by atoms with Gasteiger partial charge in [-0.1, -0.05) is 6.07 Å². The van der Waals surface area contributed by atoms with Gasteiger partial charge in [0.05, 0.1) is 19.3 Å². The van der Waals surface area contributed by atoms with Gasteiger partial charge in [0.1, 0.15) is 0 Å². The van der Waals surface area contributed by atoms with E-state index in [9.17, 15) is 13.6 Å². The minimum absolute atomic E-state index is 0.0229. The molecule has 1 aliphatic heterocycles. The highest BCUT2D eigenvalue weighted by Gasteiger charge is 2.57. The quantitative estimate of drug-likeness (QED) is 0.581. The first kappa shape index (κ1) is 20.0. The van der Waals surface area contributed by atoms with Crippen LogP contribution in [0.3, 0.4) is 0 Å². The monoisotopic (exact) mass is 382 g/mol. The van der Waals surface area contributed by atoms with Gasteiger partial charge in [-0.25, -0.2) is 13.6 Å². The topological polar surface area (TPSA) is 59.6 Å². The predicted molar refractivity (Wildman–Crippen MR) is 99.5 cm³/mol. The number of hydrogen-bond acceptors (Lipinski definition) is 5. The lowest BCUT2D eigenvalue weighted by Crippen LogP contribution is -2.52. The van der Waals surface area contributed by atoms with Crippen molar-refractivity contribution in [2.24, 2.45) is 5.41 Å². The van der Waals surface area contributed by atoms with E-state index in [1.807, 2.05) is 13.0 Å². The highest BCUT2D eigenvalue weighted by molar-refractivity contribution is 5.92. The molecule has 1 aromatic carbocycles. The Morgan fingerprint density at radius 3 is 2.70 bits per heavy atom. The molecule has 7 heteroatoms. The first-order valence-corrected chi connectivity index (χ1v) is 9.36. The van der Waals surface area contributed by atoms with Crippen LogP contribution in [0.4, 0.5) is 14.5 Å². The van der Waals surface area contributed by atoms with Crippen LogP contribution < -0.4 is 10.6 Å². The van der Waals surface area contributed by atoms with Crippen molar-refractivity contribution in [1.29, 1.82) is 0 Å². The van der Waals surface area contributed by atoms with Crippen LogP contribution >= 0.6 is 0 Å². The fourth-order valence-corrected chi connectivity index (χ4v) is 4.49. The molecule has 1 spiro atoms. The maximum atomic E-state index is 13.5. The van der Waals surface area contributed by atoms with E-state index in [2.05, 4.69) is 10.6 Å². The fourth-order valence-electron chi connectivity index (χ4n) is 4.49. The molecule has 0 amide bonds. The summed E-state index contributed by atoms with van der Waals surface area (Å²) in [5.41, 5.74) is 2.86. The molecule has 2 aliphatic rings. The largest absolute Gasteiger partial charge is 0.465 e. The van der Waals surface area contributed by atoms with Crippen molar-refractivity contribution < 1.29 is 23.0 Å². The average Bonchev–Trinajstić information content (AvgIpc) is 2.60. The van der Waals surface area contributed by atoms with E-state index in [0.717, 1.165) is 29.8 Å². The average molecular weight is 382 g/mol. The van der Waals surface area contributed by atoms with Crippen molar-refractivity contribution in [1.82, 2.24) is 5.32 Å². The smallest absolute Gasteiger partial charge is 0.338 e. The van der Waals surface area contributed by atoms with Crippen LogP contribution in [0.25, 0.3) is 0 Å². The second-order valence-electron chi connectivity index (χ2n) is 7.84. The Balaban J connectivity index is 1.88. The number of piperidine rings is 1. The molecule has 1 saturated carbocycles. The fraction of sp³-hybridized carbons (Fsp3) is 0.650. The Morgan fingerprint density at radius 1 is 1.33 bits per heavy atom. The second kappa shape index (κ2) is 7.72. The summed E-state index contributed by atoms with van der Waals surface area (Å²) in [5.74, 6) is -2.91. The van der Waals surface area contributed by atoms with Crippen molar-refractivity contribution in [2.75, 3.05) is 39.2 Å². The number of alkyl halides is 2. The van der Waals surface area contributed by atoms with Gasteiger partial charge in [0.25, 0.3) is 0 Å². The van der Waals surface area contributed by atoms with Crippen molar-refractivity contribution in [3.63, 3.8) is 0 Å². The third-order valence-corrected chi connectivity index (χ3v) is 5.75. The van der Waals surface area contributed by atoms with E-state index in [1.54, 1.807) is 13.2 Å². The molecule has 1 aliphatic carbocycles. The van der Waals surface area contributed by atoms with E-state index in [1.165, 1.54) is 7.11 Å². The molecular weight excluding hydrogens is 354 g/mol. The summed E-state index contributed by atoms with van der Waals surface area (Å²) < 4.78 is 37.0. The predicted octanol–water partition coefficient (Wildman–Crippen LogP) is 3.68. The van der Waals surface area contributed by atoms with E-state index >= 15 is 0 Å². The zero-order valence-corrected chi connectivity index (χ0v) is 16.2. The lowest BCUT2D eigenvalue weighted by Gasteiger charge is -2.52. The number of carbonyl (C=O) groups excluding carboxylic acids is 1. The molecule has 1 heterocycles. The zero-order chi connectivity index (χ0) is 19.7. The summed E-state index contributed by atoms with van der Waals surface area (Å²) in [4.78, 5) is 12.1. The lowest BCUT2D eigenvalue weighted by molar-refractivity contribution is -0.174. The molecule has 1 atom stereocenters. The van der Waals surface area contributed by atoms with Gasteiger partial charge in [-0.15, -0.1) is 0 Å². The number of methoxy groups -OCH3 is 2. The Bertz CT molecular complexity index is 701. The van der Waals surface area contributed by atoms with E-state index in [-0.39, 0.29) is 30.3 Å². The number of aryl methyl sites for hydroxylation is 1. The van der Waals surface area contributed by atoms with E-state index in [4.69, 9.17) is 9.47 Å². The van der Waals surface area contributed by atoms with Crippen molar-refractivity contribution >= 4 is 11.7 Å². The van der Waals surface area contributed by atoms with Crippen molar-refractivity contribution in [2.45, 2.75) is 44.6 Å². The lowest BCUT2D eigenvalue weighted by atomic mass is 9.59. The van der Waals surface area contributed by atoms with Gasteiger partial charge < -0.3 is 20.1 Å². The van der Waals surface area contributed by atoms with E-state index < -0.39 is 5.92 Å². The number of hydrogen-bond donors (Lipinski definition) is 2. The maximum absolute atomic E-state index is 13.5. The molecule has 27 heavy (non-hydrogen) atoms. The molecule has 150 valence electrons. The zero-order valence-electron chi connectivity index (χ0n) is 16.2. The molecule has 2 N–H and O–H groups in total. The normalized spacial score (nSPS) is 22.9. The molecule has 3 rings (SSSR count).